The molecule has 0 unspecified atom stereocenters. The maximum absolute atomic E-state index is 14.2. The Kier molecular flexibility index (Phi) is 7.04. The average molecular weight is 400 g/mol. The first kappa shape index (κ1) is 21.0. The molecule has 3 rings (SSSR count). The van der Waals surface area contributed by atoms with Crippen molar-refractivity contribution in [2.24, 2.45) is 0 Å². The summed E-state index contributed by atoms with van der Waals surface area (Å²) in [5.74, 6) is -0.288. The van der Waals surface area contributed by atoms with Crippen LogP contribution in [0.15, 0.2) is 36.5 Å². The van der Waals surface area contributed by atoms with Crippen LogP contribution >= 0.6 is 0 Å². The van der Waals surface area contributed by atoms with E-state index >= 15 is 0 Å². The number of aryl methyl sites for hydroxylation is 1. The number of hydrogen-bond acceptors (Lipinski definition) is 5. The number of pyridine rings is 1. The Morgan fingerprint density at radius 2 is 2.07 bits per heavy atom. The maximum Gasteiger partial charge on any atom is 0.409 e. The molecule has 0 bridgehead atoms. The fraction of sp³-hybridized carbons (Fsp3) is 0.455. The smallest absolute Gasteiger partial charge is 0.409 e. The highest BCUT2D eigenvalue weighted by Crippen LogP contribution is 2.23. The molecule has 0 spiro atoms. The van der Waals surface area contributed by atoms with E-state index in [0.717, 1.165) is 49.4 Å². The second kappa shape index (κ2) is 9.69. The number of nitrogens with one attached hydrogen (secondary N) is 1. The summed E-state index contributed by atoms with van der Waals surface area (Å²) in [7, 11) is 1.80. The van der Waals surface area contributed by atoms with Gasteiger partial charge in [-0.3, -0.25) is 9.88 Å². The summed E-state index contributed by atoms with van der Waals surface area (Å²) in [6.07, 6.45) is 3.24. The second-order valence-electron chi connectivity index (χ2n) is 7.44. The predicted octanol–water partition coefficient (Wildman–Crippen LogP) is 4.33. The van der Waals surface area contributed by atoms with Crippen molar-refractivity contribution in [1.29, 1.82) is 0 Å². The highest BCUT2D eigenvalue weighted by Gasteiger charge is 2.26. The Labute approximate surface area is 171 Å². The Morgan fingerprint density at radius 3 is 2.72 bits per heavy atom. The number of carbonyl (C=O) groups is 1. The van der Waals surface area contributed by atoms with E-state index in [2.05, 4.69) is 15.2 Å². The molecule has 0 saturated carbocycles. The molecule has 1 aromatic carbocycles. The van der Waals surface area contributed by atoms with E-state index in [-0.39, 0.29) is 18.0 Å². The monoisotopic (exact) mass is 400 g/mol. The van der Waals surface area contributed by atoms with Gasteiger partial charge in [0.1, 0.15) is 5.82 Å². The minimum Gasteiger partial charge on any atom is -0.450 e. The van der Waals surface area contributed by atoms with Gasteiger partial charge in [-0.1, -0.05) is 6.07 Å². The molecule has 1 fully saturated rings. The number of hydrogen-bond donors (Lipinski definition) is 1. The van der Waals surface area contributed by atoms with Crippen LogP contribution < -0.4 is 5.32 Å². The Hall–Kier alpha value is -2.67. The first-order valence-electron chi connectivity index (χ1n) is 10.1. The summed E-state index contributed by atoms with van der Waals surface area (Å²) in [4.78, 5) is 20.2. The van der Waals surface area contributed by atoms with Gasteiger partial charge in [-0.15, -0.1) is 0 Å². The topological polar surface area (TPSA) is 57.7 Å². The third-order valence-electron chi connectivity index (χ3n) is 5.29. The number of halogens is 1. The Bertz CT molecular complexity index is 820. The number of amides is 1. The van der Waals surface area contributed by atoms with Crippen LogP contribution in [0.25, 0.3) is 0 Å². The van der Waals surface area contributed by atoms with Crippen molar-refractivity contribution in [1.82, 2.24) is 14.8 Å². The second-order valence-corrected chi connectivity index (χ2v) is 7.44. The number of aromatic nitrogens is 1. The van der Waals surface area contributed by atoms with Crippen molar-refractivity contribution in [2.45, 2.75) is 39.3 Å². The minimum atomic E-state index is -0.288. The van der Waals surface area contributed by atoms with Gasteiger partial charge in [-0.25, -0.2) is 9.18 Å². The van der Waals surface area contributed by atoms with Gasteiger partial charge in [0, 0.05) is 38.4 Å². The van der Waals surface area contributed by atoms with Gasteiger partial charge in [0.25, 0.3) is 0 Å². The first-order valence-corrected chi connectivity index (χ1v) is 10.1. The van der Waals surface area contributed by atoms with Crippen molar-refractivity contribution in [2.75, 3.05) is 32.1 Å². The van der Waals surface area contributed by atoms with Crippen LogP contribution in [-0.2, 0) is 11.3 Å². The van der Waals surface area contributed by atoms with E-state index in [1.165, 1.54) is 6.07 Å². The molecule has 29 heavy (non-hydrogen) atoms. The zero-order valence-corrected chi connectivity index (χ0v) is 17.3. The summed E-state index contributed by atoms with van der Waals surface area (Å²) in [6, 6.07) is 9.16. The summed E-state index contributed by atoms with van der Waals surface area (Å²) in [5.41, 5.74) is 3.17. The molecule has 1 aromatic heterocycles. The van der Waals surface area contributed by atoms with Gasteiger partial charge in [-0.05, 0) is 56.5 Å². The van der Waals surface area contributed by atoms with Crippen molar-refractivity contribution >= 4 is 17.5 Å². The van der Waals surface area contributed by atoms with Crippen LogP contribution in [0.4, 0.5) is 20.6 Å². The number of benzene rings is 1. The molecule has 0 radical (unpaired) electrons. The predicted molar refractivity (Wildman–Crippen MR) is 112 cm³/mol. The van der Waals surface area contributed by atoms with Gasteiger partial charge in [0.05, 0.1) is 24.2 Å². The van der Waals surface area contributed by atoms with Crippen LogP contribution in [0.5, 0.6) is 0 Å². The van der Waals surface area contributed by atoms with Crippen LogP contribution in [0, 0.1) is 12.7 Å². The van der Waals surface area contributed by atoms with Gasteiger partial charge < -0.3 is 15.0 Å². The Balaban J connectivity index is 1.57. The molecule has 7 heteroatoms. The molecule has 0 atom stereocenters. The van der Waals surface area contributed by atoms with E-state index < -0.39 is 0 Å². The lowest BCUT2D eigenvalue weighted by molar-refractivity contribution is 0.0789. The highest BCUT2D eigenvalue weighted by molar-refractivity contribution is 5.67. The number of carbonyl (C=O) groups excluding carboxylic acids is 1. The third kappa shape index (κ3) is 5.67. The van der Waals surface area contributed by atoms with Crippen LogP contribution in [0.2, 0.25) is 0 Å². The molecular weight excluding hydrogens is 371 g/mol. The number of ether oxygens (including phenoxy) is 1. The molecule has 1 saturated heterocycles. The fourth-order valence-electron chi connectivity index (χ4n) is 3.56. The molecule has 1 aliphatic heterocycles. The van der Waals surface area contributed by atoms with Crippen molar-refractivity contribution in [3.63, 3.8) is 0 Å². The quantitative estimate of drug-likeness (QED) is 0.782. The minimum absolute atomic E-state index is 0.199. The van der Waals surface area contributed by atoms with Crippen LogP contribution in [-0.4, -0.2) is 53.7 Å². The number of piperidine rings is 1. The molecule has 156 valence electrons. The molecule has 6 nitrogen and oxygen atoms in total. The summed E-state index contributed by atoms with van der Waals surface area (Å²) >= 11 is 0. The largest absolute Gasteiger partial charge is 0.450 e. The third-order valence-corrected chi connectivity index (χ3v) is 5.29. The average Bonchev–Trinajstić information content (AvgIpc) is 2.72. The van der Waals surface area contributed by atoms with Crippen LogP contribution in [0.1, 0.15) is 31.0 Å². The van der Waals surface area contributed by atoms with Gasteiger partial charge in [0.15, 0.2) is 0 Å². The van der Waals surface area contributed by atoms with Crippen LogP contribution in [0.3, 0.4) is 0 Å². The highest BCUT2D eigenvalue weighted by atomic mass is 19.1. The molecular formula is C22H29FN4O2. The van der Waals surface area contributed by atoms with E-state index in [0.29, 0.717) is 12.3 Å². The molecule has 1 N–H and O–H groups in total. The van der Waals surface area contributed by atoms with Crippen molar-refractivity contribution in [3.05, 3.63) is 53.6 Å². The maximum atomic E-state index is 14.2. The van der Waals surface area contributed by atoms with Gasteiger partial charge in [-0.2, -0.15) is 0 Å². The lowest BCUT2D eigenvalue weighted by Crippen LogP contribution is -2.45. The lowest BCUT2D eigenvalue weighted by atomic mass is 10.0. The number of rotatable bonds is 6. The summed E-state index contributed by atoms with van der Waals surface area (Å²) in [6.45, 7) is 6.64. The lowest BCUT2D eigenvalue weighted by Gasteiger charge is -2.36. The molecule has 2 heterocycles. The molecule has 0 aliphatic carbocycles. The van der Waals surface area contributed by atoms with Crippen molar-refractivity contribution < 1.29 is 13.9 Å². The standard InChI is InChI=1S/C22H29FN4O2/c1-4-29-22(28)26(3)19-9-11-27(12-10-19)15-17-6-8-20(23)21(13-17)25-18-7-5-16(2)24-14-18/h5-8,13-14,19,25H,4,9-12,15H2,1-3H3. The first-order chi connectivity index (χ1) is 14.0. The van der Waals surface area contributed by atoms with Gasteiger partial charge in [0.2, 0.25) is 0 Å². The van der Waals surface area contributed by atoms with Crippen molar-refractivity contribution in [3.8, 4) is 0 Å². The zero-order valence-electron chi connectivity index (χ0n) is 17.3. The normalized spacial score (nSPS) is 15.2. The zero-order chi connectivity index (χ0) is 20.8. The summed E-state index contributed by atoms with van der Waals surface area (Å²) in [5, 5.41) is 3.11. The number of anilines is 2. The molecule has 2 aromatic rings. The van der Waals surface area contributed by atoms with E-state index in [1.807, 2.05) is 38.1 Å². The SMILES string of the molecule is CCOC(=O)N(C)C1CCN(Cc2ccc(F)c(Nc3ccc(C)nc3)c2)CC1. The molecule has 1 aliphatic rings. The number of nitrogens with zero attached hydrogens (tertiary/aromatic N) is 3. The van der Waals surface area contributed by atoms with Gasteiger partial charge >= 0.3 is 6.09 Å². The van der Waals surface area contributed by atoms with E-state index in [9.17, 15) is 9.18 Å². The van der Waals surface area contributed by atoms with E-state index in [1.54, 1.807) is 18.1 Å². The fourth-order valence-corrected chi connectivity index (χ4v) is 3.56. The Morgan fingerprint density at radius 1 is 1.31 bits per heavy atom. The van der Waals surface area contributed by atoms with E-state index in [4.69, 9.17) is 4.74 Å². The number of likely N-dealkylation sites (tertiary alicyclic amines) is 1. The molecule has 1 amide bonds. The summed E-state index contributed by atoms with van der Waals surface area (Å²) < 4.78 is 19.3.